The van der Waals surface area contributed by atoms with Crippen molar-refractivity contribution in [1.29, 1.82) is 0 Å². The highest BCUT2D eigenvalue weighted by molar-refractivity contribution is 7.91. The van der Waals surface area contributed by atoms with Crippen molar-refractivity contribution in [2.75, 3.05) is 31.1 Å². The Morgan fingerprint density at radius 2 is 1.94 bits per heavy atom. The van der Waals surface area contributed by atoms with Gasteiger partial charge in [0.2, 0.25) is 0 Å². The second kappa shape index (κ2) is 7.34. The summed E-state index contributed by atoms with van der Waals surface area (Å²) in [6, 6.07) is 0.610. The van der Waals surface area contributed by atoms with Crippen LogP contribution < -0.4 is 5.73 Å². The number of rotatable bonds is 9. The number of sulfone groups is 1. The first-order valence-corrected chi connectivity index (χ1v) is 8.55. The zero-order valence-electron chi connectivity index (χ0n) is 10.9. The second-order valence-electron chi connectivity index (χ2n) is 4.91. The van der Waals surface area contributed by atoms with Gasteiger partial charge < -0.3 is 5.73 Å². The number of hydrogen-bond acceptors (Lipinski definition) is 4. The summed E-state index contributed by atoms with van der Waals surface area (Å²) in [5.41, 5.74) is 5.52. The zero-order valence-corrected chi connectivity index (χ0v) is 11.7. The van der Waals surface area contributed by atoms with Crippen molar-refractivity contribution in [3.05, 3.63) is 0 Å². The first kappa shape index (κ1) is 14.9. The summed E-state index contributed by atoms with van der Waals surface area (Å²) in [5.74, 6) is 0.629. The minimum atomic E-state index is -2.84. The monoisotopic (exact) mass is 262 g/mol. The predicted octanol–water partition coefficient (Wildman–Crippen LogP) is 1.01. The normalized spacial score (nSPS) is 17.4. The van der Waals surface area contributed by atoms with Gasteiger partial charge in [-0.05, 0) is 38.8 Å². The maximum Gasteiger partial charge on any atom is 0.151 e. The molecule has 0 bridgehead atoms. The van der Waals surface area contributed by atoms with Crippen LogP contribution in [0.4, 0.5) is 0 Å². The first-order valence-electron chi connectivity index (χ1n) is 6.73. The van der Waals surface area contributed by atoms with Gasteiger partial charge in [0.1, 0.15) is 0 Å². The van der Waals surface area contributed by atoms with Crippen LogP contribution in [0.3, 0.4) is 0 Å². The lowest BCUT2D eigenvalue weighted by molar-refractivity contribution is 0.134. The molecule has 0 radical (unpaired) electrons. The van der Waals surface area contributed by atoms with E-state index in [0.717, 1.165) is 13.0 Å². The molecule has 1 fully saturated rings. The fourth-order valence-electron chi connectivity index (χ4n) is 2.19. The third-order valence-corrected chi connectivity index (χ3v) is 5.28. The molecule has 0 heterocycles. The molecule has 0 aromatic heterocycles. The molecule has 0 atom stereocenters. The summed E-state index contributed by atoms with van der Waals surface area (Å²) in [6.07, 6.45) is 5.40. The van der Waals surface area contributed by atoms with Gasteiger partial charge in [0.15, 0.2) is 9.84 Å². The molecule has 5 heteroatoms. The van der Waals surface area contributed by atoms with Gasteiger partial charge in [-0.3, -0.25) is 4.90 Å². The van der Waals surface area contributed by atoms with E-state index in [1.165, 1.54) is 19.3 Å². The van der Waals surface area contributed by atoms with Gasteiger partial charge in [0, 0.05) is 18.3 Å². The van der Waals surface area contributed by atoms with E-state index in [-0.39, 0.29) is 0 Å². The minimum Gasteiger partial charge on any atom is -0.330 e. The van der Waals surface area contributed by atoms with Crippen molar-refractivity contribution >= 4 is 9.84 Å². The van der Waals surface area contributed by atoms with Crippen molar-refractivity contribution in [2.45, 2.75) is 45.1 Å². The molecule has 0 spiro atoms. The Labute approximate surface area is 105 Å². The second-order valence-corrected chi connectivity index (χ2v) is 7.22. The third-order valence-electron chi connectivity index (χ3n) is 3.45. The maximum atomic E-state index is 11.7. The largest absolute Gasteiger partial charge is 0.330 e. The molecule has 0 aliphatic heterocycles. The molecule has 0 saturated heterocycles. The van der Waals surface area contributed by atoms with Crippen LogP contribution in [-0.2, 0) is 9.84 Å². The lowest BCUT2D eigenvalue weighted by atomic mass is 9.91. The Balaban J connectivity index is 2.37. The first-order chi connectivity index (χ1) is 8.09. The Kier molecular flexibility index (Phi) is 6.44. The Morgan fingerprint density at radius 3 is 2.41 bits per heavy atom. The van der Waals surface area contributed by atoms with E-state index in [1.54, 1.807) is 0 Å². The maximum absolute atomic E-state index is 11.7. The van der Waals surface area contributed by atoms with E-state index < -0.39 is 9.84 Å². The Bertz CT molecular complexity index is 300. The van der Waals surface area contributed by atoms with Gasteiger partial charge in [-0.25, -0.2) is 8.42 Å². The number of hydrogen-bond donors (Lipinski definition) is 1. The summed E-state index contributed by atoms with van der Waals surface area (Å²) >= 11 is 0. The van der Waals surface area contributed by atoms with E-state index >= 15 is 0 Å². The minimum absolute atomic E-state index is 0.307. The molecule has 17 heavy (non-hydrogen) atoms. The summed E-state index contributed by atoms with van der Waals surface area (Å²) in [6.45, 7) is 4.23. The molecule has 0 amide bonds. The summed E-state index contributed by atoms with van der Waals surface area (Å²) in [4.78, 5) is 2.32. The molecule has 102 valence electrons. The van der Waals surface area contributed by atoms with Gasteiger partial charge in [0.05, 0.1) is 5.75 Å². The molecule has 1 aliphatic rings. The fourth-order valence-corrected chi connectivity index (χ4v) is 3.53. The van der Waals surface area contributed by atoms with Gasteiger partial charge in [-0.15, -0.1) is 0 Å². The summed E-state index contributed by atoms with van der Waals surface area (Å²) in [5, 5.41) is 0. The van der Waals surface area contributed by atoms with Crippen LogP contribution in [0.25, 0.3) is 0 Å². The highest BCUT2D eigenvalue weighted by atomic mass is 32.2. The van der Waals surface area contributed by atoms with Crippen LogP contribution in [0.5, 0.6) is 0 Å². The van der Waals surface area contributed by atoms with Gasteiger partial charge in [-0.2, -0.15) is 0 Å². The van der Waals surface area contributed by atoms with E-state index in [9.17, 15) is 8.42 Å². The summed E-state index contributed by atoms with van der Waals surface area (Å²) < 4.78 is 23.4. The topological polar surface area (TPSA) is 63.4 Å². The van der Waals surface area contributed by atoms with E-state index in [0.29, 0.717) is 37.1 Å². The molecular weight excluding hydrogens is 236 g/mol. The molecule has 2 N–H and O–H groups in total. The molecule has 1 saturated carbocycles. The fraction of sp³-hybridized carbons (Fsp3) is 1.00. The third kappa shape index (κ3) is 5.36. The van der Waals surface area contributed by atoms with Crippen LogP contribution in [-0.4, -0.2) is 50.5 Å². The van der Waals surface area contributed by atoms with Crippen LogP contribution >= 0.6 is 0 Å². The SMILES string of the molecule is CCCS(=O)(=O)CCN(CCCN)C1CCC1. The quantitative estimate of drug-likeness (QED) is 0.674. The number of nitrogens with two attached hydrogens (primary N) is 1. The molecule has 4 nitrogen and oxygen atoms in total. The van der Waals surface area contributed by atoms with Crippen molar-refractivity contribution in [1.82, 2.24) is 4.90 Å². The molecule has 0 aromatic carbocycles. The van der Waals surface area contributed by atoms with Crippen molar-refractivity contribution < 1.29 is 8.42 Å². The highest BCUT2D eigenvalue weighted by Crippen LogP contribution is 2.24. The van der Waals surface area contributed by atoms with Gasteiger partial charge in [0.25, 0.3) is 0 Å². The predicted molar refractivity (Wildman–Crippen MR) is 71.8 cm³/mol. The summed E-state index contributed by atoms with van der Waals surface area (Å²) in [7, 11) is -2.84. The number of nitrogens with zero attached hydrogens (tertiary/aromatic N) is 1. The van der Waals surface area contributed by atoms with E-state index in [1.807, 2.05) is 6.92 Å². The molecule has 1 rings (SSSR count). The average molecular weight is 262 g/mol. The molecule has 1 aliphatic carbocycles. The molecule has 0 unspecified atom stereocenters. The molecular formula is C12H26N2O2S. The van der Waals surface area contributed by atoms with Crippen molar-refractivity contribution in [3.63, 3.8) is 0 Å². The van der Waals surface area contributed by atoms with Crippen LogP contribution in [0, 0.1) is 0 Å². The van der Waals surface area contributed by atoms with Gasteiger partial charge >= 0.3 is 0 Å². The Morgan fingerprint density at radius 1 is 1.24 bits per heavy atom. The lowest BCUT2D eigenvalue weighted by Gasteiger charge is -2.37. The average Bonchev–Trinajstić information content (AvgIpc) is 2.19. The van der Waals surface area contributed by atoms with Crippen molar-refractivity contribution in [2.24, 2.45) is 5.73 Å². The standard InChI is InChI=1S/C12H26N2O2S/c1-2-10-17(15,16)11-9-14(8-4-7-13)12-5-3-6-12/h12H,2-11,13H2,1H3. The zero-order chi connectivity index (χ0) is 12.7. The molecule has 0 aromatic rings. The lowest BCUT2D eigenvalue weighted by Crippen LogP contribution is -2.43. The smallest absolute Gasteiger partial charge is 0.151 e. The van der Waals surface area contributed by atoms with Crippen LogP contribution in [0.2, 0.25) is 0 Å². The van der Waals surface area contributed by atoms with Gasteiger partial charge in [-0.1, -0.05) is 13.3 Å². The van der Waals surface area contributed by atoms with Crippen LogP contribution in [0.1, 0.15) is 39.0 Å². The van der Waals surface area contributed by atoms with E-state index in [2.05, 4.69) is 4.90 Å². The highest BCUT2D eigenvalue weighted by Gasteiger charge is 2.25. The van der Waals surface area contributed by atoms with Crippen molar-refractivity contribution in [3.8, 4) is 0 Å². The van der Waals surface area contributed by atoms with Crippen LogP contribution in [0.15, 0.2) is 0 Å². The van der Waals surface area contributed by atoms with E-state index in [4.69, 9.17) is 5.73 Å². The Hall–Kier alpha value is -0.130.